The third kappa shape index (κ3) is 5.40. The Hall–Kier alpha value is -3.42. The number of nitrogens with zero attached hydrogens (tertiary/aromatic N) is 3. The Bertz CT molecular complexity index is 1600. The van der Waals surface area contributed by atoms with E-state index in [1.54, 1.807) is 34.9 Å². The van der Waals surface area contributed by atoms with E-state index in [0.717, 1.165) is 54.2 Å². The third-order valence-corrected chi connectivity index (χ3v) is 9.91. The summed E-state index contributed by atoms with van der Waals surface area (Å²) in [6.07, 6.45) is 0.706. The molecule has 1 saturated carbocycles. The molecule has 2 unspecified atom stereocenters. The molecule has 1 N–H and O–H groups in total. The van der Waals surface area contributed by atoms with E-state index >= 15 is 0 Å². The lowest BCUT2D eigenvalue weighted by Crippen LogP contribution is -2.45. The Morgan fingerprint density at radius 2 is 1.86 bits per heavy atom. The zero-order chi connectivity index (χ0) is 29.0. The molecule has 0 spiro atoms. The summed E-state index contributed by atoms with van der Waals surface area (Å²) in [7, 11) is 0. The molecule has 1 aliphatic carbocycles. The number of anilines is 1. The van der Waals surface area contributed by atoms with Crippen LogP contribution < -0.4 is 9.64 Å². The fraction of sp³-hybridized carbons (Fsp3) is 0.414. The van der Waals surface area contributed by atoms with Crippen LogP contribution >= 0.6 is 22.7 Å². The van der Waals surface area contributed by atoms with Gasteiger partial charge in [-0.15, -0.1) is 35.8 Å². The number of ether oxygens (including phenoxy) is 2. The number of halogens is 3. The quantitative estimate of drug-likeness (QED) is 0.204. The fourth-order valence-electron chi connectivity index (χ4n) is 6.07. The lowest BCUT2D eigenvalue weighted by molar-refractivity contribution is -0.274. The molecule has 3 fully saturated rings. The van der Waals surface area contributed by atoms with Crippen LogP contribution in [0.1, 0.15) is 66.1 Å². The number of hydrogen-bond donors (Lipinski definition) is 1. The van der Waals surface area contributed by atoms with E-state index in [1.165, 1.54) is 23.5 Å². The van der Waals surface area contributed by atoms with Crippen molar-refractivity contribution in [2.75, 3.05) is 4.90 Å². The van der Waals surface area contributed by atoms with Crippen LogP contribution in [0, 0.1) is 0 Å². The van der Waals surface area contributed by atoms with E-state index in [2.05, 4.69) is 14.8 Å². The third-order valence-electron chi connectivity index (χ3n) is 8.10. The number of carboxylic acid groups (broad SMARTS) is 1. The van der Waals surface area contributed by atoms with Crippen molar-refractivity contribution in [3.63, 3.8) is 0 Å². The van der Waals surface area contributed by atoms with Crippen molar-refractivity contribution in [3.05, 3.63) is 58.0 Å². The van der Waals surface area contributed by atoms with Gasteiger partial charge in [-0.1, -0.05) is 17.3 Å². The molecular formula is C29H26F3N3O5S2. The maximum absolute atomic E-state index is 13.1. The number of aromatic carboxylic acids is 1. The molecule has 2 saturated heterocycles. The standard InChI is InChI=1S/C29H26F3N3O5S2/c30-29(31,32)39-23-4-2-1-3-20(23)25-21(26(40-34-25)15-5-6-15)12-38-19-10-17-7-8-18(11-19)35(17)28-33-22(14-42-28)24-9-16(13-41-24)27(36)37/h1-4,9,13-15,17-19H,5-8,10-12H2,(H,36,37). The number of para-hydroxylation sites is 1. The van der Waals surface area contributed by atoms with Gasteiger partial charge in [-0.3, -0.25) is 0 Å². The summed E-state index contributed by atoms with van der Waals surface area (Å²) in [5.74, 6) is -0.387. The molecule has 42 heavy (non-hydrogen) atoms. The first-order valence-electron chi connectivity index (χ1n) is 13.7. The summed E-state index contributed by atoms with van der Waals surface area (Å²) >= 11 is 2.94. The number of thiophene rings is 1. The Kier molecular flexibility index (Phi) is 6.98. The first-order valence-corrected chi connectivity index (χ1v) is 15.5. The summed E-state index contributed by atoms with van der Waals surface area (Å²) < 4.78 is 55.7. The molecule has 7 rings (SSSR count). The number of fused-ring (bicyclic) bond motifs is 2. The fourth-order valence-corrected chi connectivity index (χ4v) is 7.96. The van der Waals surface area contributed by atoms with Crippen molar-refractivity contribution in [1.29, 1.82) is 0 Å². The summed E-state index contributed by atoms with van der Waals surface area (Å²) in [6, 6.07) is 8.15. The highest BCUT2D eigenvalue weighted by atomic mass is 32.1. The Morgan fingerprint density at radius 3 is 2.55 bits per heavy atom. The second-order valence-electron chi connectivity index (χ2n) is 10.9. The number of benzene rings is 1. The second kappa shape index (κ2) is 10.7. The number of hydrogen-bond acceptors (Lipinski definition) is 9. The van der Waals surface area contributed by atoms with Crippen LogP contribution in [-0.2, 0) is 11.3 Å². The molecule has 2 aliphatic heterocycles. The van der Waals surface area contributed by atoms with Gasteiger partial charge < -0.3 is 24.0 Å². The average molecular weight is 618 g/mol. The van der Waals surface area contributed by atoms with Crippen molar-refractivity contribution in [1.82, 2.24) is 10.1 Å². The molecule has 13 heteroatoms. The number of alkyl halides is 3. The predicted octanol–water partition coefficient (Wildman–Crippen LogP) is 7.72. The first kappa shape index (κ1) is 27.4. The molecule has 5 heterocycles. The minimum Gasteiger partial charge on any atom is -0.478 e. The van der Waals surface area contributed by atoms with Crippen LogP contribution in [-0.4, -0.2) is 45.8 Å². The topological polar surface area (TPSA) is 97.9 Å². The highest BCUT2D eigenvalue weighted by Crippen LogP contribution is 2.47. The molecule has 3 aliphatic rings. The molecule has 3 aromatic heterocycles. The van der Waals surface area contributed by atoms with Gasteiger partial charge in [0.1, 0.15) is 17.2 Å². The Morgan fingerprint density at radius 1 is 1.10 bits per heavy atom. The second-order valence-corrected chi connectivity index (χ2v) is 12.7. The summed E-state index contributed by atoms with van der Waals surface area (Å²) in [5, 5.41) is 18.0. The van der Waals surface area contributed by atoms with Crippen molar-refractivity contribution < 1.29 is 37.1 Å². The molecule has 0 amide bonds. The van der Waals surface area contributed by atoms with Gasteiger partial charge >= 0.3 is 12.3 Å². The van der Waals surface area contributed by atoms with Gasteiger partial charge in [-0.05, 0) is 56.7 Å². The van der Waals surface area contributed by atoms with Crippen LogP contribution in [0.15, 0.2) is 45.6 Å². The van der Waals surface area contributed by atoms with Gasteiger partial charge in [0.05, 0.1) is 28.8 Å². The maximum Gasteiger partial charge on any atom is 0.573 e. The number of rotatable bonds is 9. The van der Waals surface area contributed by atoms with E-state index < -0.39 is 12.3 Å². The summed E-state index contributed by atoms with van der Waals surface area (Å²) in [5.41, 5.74) is 2.28. The Labute approximate surface area is 246 Å². The van der Waals surface area contributed by atoms with E-state index in [-0.39, 0.29) is 47.6 Å². The van der Waals surface area contributed by atoms with Crippen LogP contribution in [0.25, 0.3) is 21.8 Å². The predicted molar refractivity (Wildman–Crippen MR) is 150 cm³/mol. The lowest BCUT2D eigenvalue weighted by atomic mass is 10.00. The summed E-state index contributed by atoms with van der Waals surface area (Å²) in [4.78, 5) is 19.3. The smallest absolute Gasteiger partial charge is 0.478 e. The minimum absolute atomic E-state index is 0.0231. The van der Waals surface area contributed by atoms with Crippen molar-refractivity contribution in [3.8, 4) is 27.6 Å². The van der Waals surface area contributed by atoms with Gasteiger partial charge in [-0.25, -0.2) is 9.78 Å². The van der Waals surface area contributed by atoms with Gasteiger partial charge in [0.15, 0.2) is 5.13 Å². The molecule has 2 atom stereocenters. The Balaban J connectivity index is 1.07. The number of aromatic nitrogens is 2. The van der Waals surface area contributed by atoms with Crippen LogP contribution in [0.4, 0.5) is 18.3 Å². The van der Waals surface area contributed by atoms with Gasteiger partial charge in [0.2, 0.25) is 0 Å². The van der Waals surface area contributed by atoms with Crippen molar-refractivity contribution in [2.45, 2.75) is 75.6 Å². The lowest BCUT2D eigenvalue weighted by Gasteiger charge is -2.38. The van der Waals surface area contributed by atoms with Gasteiger partial charge in [0, 0.05) is 39.9 Å². The average Bonchev–Trinajstić information content (AvgIpc) is 3.29. The van der Waals surface area contributed by atoms with Crippen molar-refractivity contribution >= 4 is 33.8 Å². The molecule has 0 radical (unpaired) electrons. The SMILES string of the molecule is O=C(O)c1csc(-c2csc(N3C4CCC3CC(OCc3c(-c5ccccc5OC(F)(F)F)noc3C3CC3)C4)n2)c1. The highest BCUT2D eigenvalue weighted by molar-refractivity contribution is 7.16. The number of carbonyl (C=O) groups is 1. The van der Waals surface area contributed by atoms with Gasteiger partial charge in [-0.2, -0.15) is 0 Å². The molecule has 1 aromatic carbocycles. The minimum atomic E-state index is -4.83. The first-order chi connectivity index (χ1) is 20.2. The molecule has 4 aromatic rings. The monoisotopic (exact) mass is 617 g/mol. The zero-order valence-corrected chi connectivity index (χ0v) is 23.8. The van der Waals surface area contributed by atoms with Crippen LogP contribution in [0.2, 0.25) is 0 Å². The van der Waals surface area contributed by atoms with E-state index in [1.807, 2.05) is 5.38 Å². The number of thiazole rings is 1. The maximum atomic E-state index is 13.1. The number of piperidine rings is 1. The van der Waals surface area contributed by atoms with Crippen LogP contribution in [0.5, 0.6) is 5.75 Å². The highest BCUT2D eigenvalue weighted by Gasteiger charge is 2.43. The van der Waals surface area contributed by atoms with Gasteiger partial charge in [0.25, 0.3) is 0 Å². The molecular weight excluding hydrogens is 591 g/mol. The number of carboxylic acids is 1. The van der Waals surface area contributed by atoms with Crippen molar-refractivity contribution in [2.24, 2.45) is 0 Å². The van der Waals surface area contributed by atoms with E-state index in [4.69, 9.17) is 14.2 Å². The summed E-state index contributed by atoms with van der Waals surface area (Å²) in [6.45, 7) is 0.195. The normalized spacial score (nSPS) is 22.1. The molecule has 2 bridgehead atoms. The largest absolute Gasteiger partial charge is 0.573 e. The molecule has 8 nitrogen and oxygen atoms in total. The zero-order valence-electron chi connectivity index (χ0n) is 22.2. The van der Waals surface area contributed by atoms with Crippen LogP contribution in [0.3, 0.4) is 0 Å². The van der Waals surface area contributed by atoms with E-state index in [9.17, 15) is 23.1 Å². The molecule has 220 valence electrons. The van der Waals surface area contributed by atoms with E-state index in [0.29, 0.717) is 17.0 Å².